The average molecular weight is 321 g/mol. The number of esters is 2. The van der Waals surface area contributed by atoms with E-state index < -0.39 is 11.9 Å². The summed E-state index contributed by atoms with van der Waals surface area (Å²) in [5.41, 5.74) is 1.17. The van der Waals surface area contributed by atoms with Gasteiger partial charge >= 0.3 is 11.9 Å². The average Bonchev–Trinajstić information content (AvgIpc) is 2.93. The Kier molecular flexibility index (Phi) is 16.2. The minimum Gasteiger partial charge on any atom is -0.387 e. The predicted molar refractivity (Wildman–Crippen MR) is 93.2 cm³/mol. The maximum atomic E-state index is 9.92. The van der Waals surface area contributed by atoms with Crippen LogP contribution < -0.4 is 6.15 Å². The summed E-state index contributed by atoms with van der Waals surface area (Å²) in [5.74, 6) is -1.16. The lowest BCUT2D eigenvalue weighted by Crippen LogP contribution is -1.96. The molecule has 0 saturated heterocycles. The first-order chi connectivity index (χ1) is 10.6. The number of rotatable bonds is 5. The van der Waals surface area contributed by atoms with Gasteiger partial charge in [-0.1, -0.05) is 56.3 Å². The highest BCUT2D eigenvalue weighted by molar-refractivity contribution is 6.04. The number of unbranched alkanes of at least 4 members (excludes halogenated alkanes) is 1. The van der Waals surface area contributed by atoms with Crippen LogP contribution >= 0.6 is 0 Å². The van der Waals surface area contributed by atoms with Crippen LogP contribution in [0.3, 0.4) is 0 Å². The van der Waals surface area contributed by atoms with E-state index in [0.717, 1.165) is 25.4 Å². The summed E-state index contributed by atoms with van der Waals surface area (Å²) in [6.07, 6.45) is 6.44. The van der Waals surface area contributed by atoms with Gasteiger partial charge in [-0.05, 0) is 18.9 Å². The second kappa shape index (κ2) is 16.1. The van der Waals surface area contributed by atoms with Crippen molar-refractivity contribution in [3.63, 3.8) is 0 Å². The minimum absolute atomic E-state index is 0. The van der Waals surface area contributed by atoms with Gasteiger partial charge in [0.15, 0.2) is 0 Å². The number of benzene rings is 1. The monoisotopic (exact) mass is 321 g/mol. The Balaban J connectivity index is 0. The van der Waals surface area contributed by atoms with Crippen LogP contribution in [0.5, 0.6) is 0 Å². The van der Waals surface area contributed by atoms with Crippen LogP contribution in [0, 0.1) is 0 Å². The summed E-state index contributed by atoms with van der Waals surface area (Å²) < 4.78 is 9.05. The topological polar surface area (TPSA) is 87.6 Å². The van der Waals surface area contributed by atoms with E-state index in [0.29, 0.717) is 0 Å². The Morgan fingerprint density at radius 2 is 1.65 bits per heavy atom. The Bertz CT molecular complexity index is 449. The molecule has 1 aromatic rings. The van der Waals surface area contributed by atoms with Crippen LogP contribution in [0.4, 0.5) is 0 Å². The highest BCUT2D eigenvalue weighted by Crippen LogP contribution is 1.97. The van der Waals surface area contributed by atoms with Crippen molar-refractivity contribution < 1.29 is 19.1 Å². The van der Waals surface area contributed by atoms with E-state index >= 15 is 0 Å². The van der Waals surface area contributed by atoms with E-state index in [2.05, 4.69) is 18.2 Å². The first-order valence-corrected chi connectivity index (χ1v) is 7.33. The quantitative estimate of drug-likeness (QED) is 0.504. The van der Waals surface area contributed by atoms with Gasteiger partial charge in [-0.25, -0.2) is 9.59 Å². The van der Waals surface area contributed by atoms with Crippen LogP contribution in [0.1, 0.15) is 32.3 Å². The summed E-state index contributed by atoms with van der Waals surface area (Å²) in [6.45, 7) is 9.62. The molecular weight excluding hydrogens is 294 g/mol. The van der Waals surface area contributed by atoms with Gasteiger partial charge in [0.2, 0.25) is 0 Å². The number of cyclic esters (lactones) is 2. The van der Waals surface area contributed by atoms with E-state index in [1.54, 1.807) is 0 Å². The molecule has 2 rings (SSSR count). The molecule has 0 atom stereocenters. The van der Waals surface area contributed by atoms with Crippen molar-refractivity contribution in [2.45, 2.75) is 26.7 Å². The molecule has 128 valence electrons. The molecule has 0 aliphatic carbocycles. The van der Waals surface area contributed by atoms with Crippen LogP contribution in [0.25, 0.3) is 6.08 Å². The van der Waals surface area contributed by atoms with Gasteiger partial charge in [-0.15, -0.1) is 0 Å². The normalized spacial score (nSPS) is 11.2. The van der Waals surface area contributed by atoms with Crippen molar-refractivity contribution in [3.8, 4) is 0 Å². The van der Waals surface area contributed by atoms with E-state index in [1.807, 2.05) is 43.3 Å². The van der Waals surface area contributed by atoms with Gasteiger partial charge in [-0.3, -0.25) is 0 Å². The molecule has 0 radical (unpaired) electrons. The van der Waals surface area contributed by atoms with Gasteiger partial charge in [0.05, 0.1) is 0 Å². The highest BCUT2D eigenvalue weighted by atomic mass is 16.6. The number of hydrogen-bond acceptors (Lipinski definition) is 5. The molecule has 5 nitrogen and oxygen atoms in total. The number of carbonyl (C=O) groups excluding carboxylic acids is 2. The minimum atomic E-state index is -0.579. The van der Waals surface area contributed by atoms with E-state index in [1.165, 1.54) is 18.4 Å². The van der Waals surface area contributed by atoms with E-state index in [-0.39, 0.29) is 6.15 Å². The van der Waals surface area contributed by atoms with E-state index in [4.69, 9.17) is 4.74 Å². The van der Waals surface area contributed by atoms with Crippen LogP contribution in [-0.2, 0) is 19.1 Å². The summed E-state index contributed by atoms with van der Waals surface area (Å²) in [5, 5.41) is 0. The zero-order valence-corrected chi connectivity index (χ0v) is 14.0. The molecule has 1 aliphatic heterocycles. The molecule has 0 aromatic heterocycles. The first kappa shape index (κ1) is 23.0. The van der Waals surface area contributed by atoms with Crippen molar-refractivity contribution in [3.05, 3.63) is 54.6 Å². The molecule has 23 heavy (non-hydrogen) atoms. The standard InChI is InChI=1S/C8H8.C6H14O.C4H2O3.H3N/c1-2-8-6-4-3-5-7-8;1-3-5-6-7-4-2;5-3-1-2-4(6)7-3;/h2-7H,1H2;3-6H2,1-2H3;1-2H;1H3. The third kappa shape index (κ3) is 14.5. The van der Waals surface area contributed by atoms with Gasteiger partial charge in [0.1, 0.15) is 0 Å². The van der Waals surface area contributed by atoms with Crippen LogP contribution in [-0.4, -0.2) is 25.2 Å². The molecule has 1 heterocycles. The Labute approximate surface area is 138 Å². The fourth-order valence-corrected chi connectivity index (χ4v) is 1.28. The Morgan fingerprint density at radius 3 is 1.96 bits per heavy atom. The molecule has 0 spiro atoms. The molecule has 0 amide bonds. The smallest absolute Gasteiger partial charge is 0.338 e. The molecule has 0 saturated carbocycles. The summed E-state index contributed by atoms with van der Waals surface area (Å²) in [7, 11) is 0. The molecule has 0 bridgehead atoms. The summed E-state index contributed by atoms with van der Waals surface area (Å²) >= 11 is 0. The number of hydrogen-bond donors (Lipinski definition) is 1. The molecule has 5 heteroatoms. The summed E-state index contributed by atoms with van der Waals surface area (Å²) in [4.78, 5) is 19.8. The van der Waals surface area contributed by atoms with Crippen LogP contribution in [0.15, 0.2) is 49.1 Å². The van der Waals surface area contributed by atoms with Gasteiger partial charge < -0.3 is 15.6 Å². The SMILES string of the molecule is C=Cc1ccccc1.CCCCOCC.N.O=C1C=CC(=O)O1. The second-order valence-corrected chi connectivity index (χ2v) is 4.24. The molecule has 1 aromatic carbocycles. The molecular formula is C18H27NO4. The van der Waals surface area contributed by atoms with Crippen molar-refractivity contribution in [2.75, 3.05) is 13.2 Å². The second-order valence-electron chi connectivity index (χ2n) is 4.24. The van der Waals surface area contributed by atoms with Crippen molar-refractivity contribution in [1.82, 2.24) is 6.15 Å². The highest BCUT2D eigenvalue weighted by Gasteiger charge is 2.10. The predicted octanol–water partition coefficient (Wildman–Crippen LogP) is 3.94. The molecule has 3 N–H and O–H groups in total. The molecule has 0 unspecified atom stereocenters. The van der Waals surface area contributed by atoms with Gasteiger partial charge in [-0.2, -0.15) is 0 Å². The maximum absolute atomic E-state index is 9.92. The summed E-state index contributed by atoms with van der Waals surface area (Å²) in [6, 6.07) is 10.0. The number of ether oxygens (including phenoxy) is 2. The largest absolute Gasteiger partial charge is 0.387 e. The first-order valence-electron chi connectivity index (χ1n) is 7.33. The lowest BCUT2D eigenvalue weighted by molar-refractivity contribution is -0.150. The third-order valence-corrected chi connectivity index (χ3v) is 2.44. The molecule has 1 aliphatic rings. The maximum Gasteiger partial charge on any atom is 0.338 e. The van der Waals surface area contributed by atoms with Crippen LogP contribution in [0.2, 0.25) is 0 Å². The zero-order valence-electron chi connectivity index (χ0n) is 14.0. The van der Waals surface area contributed by atoms with Crippen molar-refractivity contribution in [2.24, 2.45) is 0 Å². The lowest BCUT2D eigenvalue weighted by atomic mass is 10.2. The van der Waals surface area contributed by atoms with Gasteiger partial charge in [0.25, 0.3) is 0 Å². The van der Waals surface area contributed by atoms with E-state index in [9.17, 15) is 9.59 Å². The third-order valence-electron chi connectivity index (χ3n) is 2.44. The fraction of sp³-hybridized carbons (Fsp3) is 0.333. The lowest BCUT2D eigenvalue weighted by Gasteiger charge is -1.94. The number of carbonyl (C=O) groups is 2. The fourth-order valence-electron chi connectivity index (χ4n) is 1.28. The Morgan fingerprint density at radius 1 is 1.09 bits per heavy atom. The molecule has 0 fully saturated rings. The van der Waals surface area contributed by atoms with Crippen molar-refractivity contribution in [1.29, 1.82) is 0 Å². The Hall–Kier alpha value is -2.24. The zero-order chi connectivity index (χ0) is 16.6. The van der Waals surface area contributed by atoms with Gasteiger partial charge in [0, 0.05) is 25.4 Å². The van der Waals surface area contributed by atoms with Crippen molar-refractivity contribution >= 4 is 18.0 Å².